The largest absolute Gasteiger partial charge is 0.507 e. The zero-order valence-corrected chi connectivity index (χ0v) is 27.7. The van der Waals surface area contributed by atoms with Crippen LogP contribution in [0.3, 0.4) is 0 Å². The lowest BCUT2D eigenvalue weighted by atomic mass is 10.0. The number of benzene rings is 4. The van der Waals surface area contributed by atoms with E-state index >= 15 is 0 Å². The predicted molar refractivity (Wildman–Crippen MR) is 183 cm³/mol. The first-order chi connectivity index (χ1) is 21.5. The molecule has 0 saturated heterocycles. The van der Waals surface area contributed by atoms with E-state index < -0.39 is 5.97 Å². The maximum absolute atomic E-state index is 11.6. The Morgan fingerprint density at radius 1 is 0.800 bits per heavy atom. The highest BCUT2D eigenvalue weighted by Gasteiger charge is 2.14. The highest BCUT2D eigenvalue weighted by atomic mass is 35.5. The molecule has 45 heavy (non-hydrogen) atoms. The average molecular weight is 656 g/mol. The van der Waals surface area contributed by atoms with Crippen LogP contribution in [0.5, 0.6) is 5.75 Å². The van der Waals surface area contributed by atoms with E-state index in [-0.39, 0.29) is 11.3 Å². The Bertz CT molecular complexity index is 1370. The van der Waals surface area contributed by atoms with Crippen molar-refractivity contribution in [2.24, 2.45) is 0 Å². The molecule has 0 atom stereocenters. The molecule has 0 bridgehead atoms. The quantitative estimate of drug-likeness (QED) is 0.165. The number of nitrogens with zero attached hydrogens (tertiary/aromatic N) is 2. The fraction of sp³-hybridized carbons (Fsp3) is 0.200. The van der Waals surface area contributed by atoms with Crippen LogP contribution < -0.4 is 4.90 Å². The van der Waals surface area contributed by atoms with Gasteiger partial charge in [0.2, 0.25) is 0 Å². The summed E-state index contributed by atoms with van der Waals surface area (Å²) < 4.78 is 4.65. The molecule has 4 aromatic carbocycles. The lowest BCUT2D eigenvalue weighted by Crippen LogP contribution is -2.17. The van der Waals surface area contributed by atoms with Gasteiger partial charge >= 0.3 is 5.97 Å². The number of phenolic OH excluding ortho intramolecular Hbond substituents is 1. The molecule has 0 heterocycles. The number of methoxy groups -OCH3 is 1. The number of ether oxygens (including phenoxy) is 1. The minimum absolute atomic E-state index is 0.0921. The van der Waals surface area contributed by atoms with Gasteiger partial charge in [-0.15, -0.1) is 0 Å². The van der Waals surface area contributed by atoms with Crippen molar-refractivity contribution in [2.75, 3.05) is 39.7 Å². The van der Waals surface area contributed by atoms with Gasteiger partial charge in [-0.1, -0.05) is 77.3 Å². The number of carbonyl (C=O) groups is 4. The van der Waals surface area contributed by atoms with Gasteiger partial charge in [-0.2, -0.15) is 0 Å². The second-order valence-electron chi connectivity index (χ2n) is 9.48. The summed E-state index contributed by atoms with van der Waals surface area (Å²) >= 11 is 11.7. The first kappa shape index (κ1) is 40.5. The number of rotatable bonds is 7. The second-order valence-corrected chi connectivity index (χ2v) is 10.4. The number of phenols is 1. The van der Waals surface area contributed by atoms with E-state index in [1.165, 1.54) is 29.9 Å². The lowest BCUT2D eigenvalue weighted by Gasteiger charge is -2.20. The van der Waals surface area contributed by atoms with Crippen LogP contribution in [0.4, 0.5) is 5.69 Å². The molecule has 4 aromatic rings. The summed E-state index contributed by atoms with van der Waals surface area (Å²) in [6.07, 6.45) is 0.875. The summed E-state index contributed by atoms with van der Waals surface area (Å²) in [7, 11) is 6.90. The molecular weight excluding hydrogens is 615 g/mol. The maximum Gasteiger partial charge on any atom is 0.341 e. The number of likely N-dealkylation sites (N-methyl/N-ethyl adjacent to an activating group) is 1. The Labute approximate surface area is 275 Å². The molecule has 10 heteroatoms. The van der Waals surface area contributed by atoms with Crippen LogP contribution in [-0.2, 0) is 25.7 Å². The Hall–Kier alpha value is -4.50. The molecule has 0 aliphatic rings. The van der Waals surface area contributed by atoms with E-state index in [0.29, 0.717) is 18.1 Å². The molecular formula is C35H40Cl2N2O6. The van der Waals surface area contributed by atoms with Gasteiger partial charge < -0.3 is 34.0 Å². The van der Waals surface area contributed by atoms with Crippen LogP contribution in [0.1, 0.15) is 21.5 Å². The standard InChI is InChI=1S/C16H16ClNO3.C13H11Cl.C4H9NO.2CH2O/c1-18(10-11-3-5-12(17)6-4-11)13-7-8-15(19)14(9-13)16(20)21-2;1-10-2-4-11(5-3-10)12-6-8-13(14)9-7-12;1-5(2)3-4-6;2*1-2/h3-9,19H,10H2,1-2H3;2-9H,1H3;4H,3H2,1-2H3;2*1H2. The second kappa shape index (κ2) is 23.0. The third-order valence-corrected chi connectivity index (χ3v) is 6.33. The molecule has 8 nitrogen and oxygen atoms in total. The van der Waals surface area contributed by atoms with Gasteiger partial charge in [-0.3, -0.25) is 0 Å². The third kappa shape index (κ3) is 15.7. The summed E-state index contributed by atoms with van der Waals surface area (Å²) in [6, 6.07) is 28.8. The van der Waals surface area contributed by atoms with Gasteiger partial charge in [0.1, 0.15) is 31.2 Å². The van der Waals surface area contributed by atoms with Gasteiger partial charge in [0.25, 0.3) is 0 Å². The molecule has 0 amide bonds. The van der Waals surface area contributed by atoms with E-state index in [1.54, 1.807) is 12.1 Å². The van der Waals surface area contributed by atoms with E-state index in [1.807, 2.05) is 93.1 Å². The van der Waals surface area contributed by atoms with E-state index in [4.69, 9.17) is 32.8 Å². The number of aldehydes is 1. The average Bonchev–Trinajstić information content (AvgIpc) is 3.05. The molecule has 0 saturated carbocycles. The van der Waals surface area contributed by atoms with Crippen molar-refractivity contribution < 1.29 is 29.0 Å². The fourth-order valence-corrected chi connectivity index (χ4v) is 3.78. The van der Waals surface area contributed by atoms with Crippen molar-refractivity contribution >= 4 is 54.7 Å². The molecule has 4 rings (SSSR count). The number of hydrogen-bond acceptors (Lipinski definition) is 8. The maximum atomic E-state index is 11.6. The fourth-order valence-electron chi connectivity index (χ4n) is 3.53. The van der Waals surface area contributed by atoms with Crippen LogP contribution in [0.25, 0.3) is 11.1 Å². The van der Waals surface area contributed by atoms with Gasteiger partial charge in [-0.25, -0.2) is 4.79 Å². The predicted octanol–water partition coefficient (Wildman–Crippen LogP) is 7.16. The summed E-state index contributed by atoms with van der Waals surface area (Å²) in [5.41, 5.74) is 5.76. The minimum atomic E-state index is -0.561. The van der Waals surface area contributed by atoms with Crippen molar-refractivity contribution in [3.05, 3.63) is 118 Å². The van der Waals surface area contributed by atoms with Gasteiger partial charge in [0, 0.05) is 29.3 Å². The van der Waals surface area contributed by atoms with Gasteiger partial charge in [-0.05, 0) is 80.2 Å². The number of aromatic hydroxyl groups is 1. The molecule has 1 N–H and O–H groups in total. The molecule has 0 aromatic heterocycles. The van der Waals surface area contributed by atoms with Crippen LogP contribution in [0.2, 0.25) is 10.0 Å². The highest BCUT2D eigenvalue weighted by Crippen LogP contribution is 2.25. The van der Waals surface area contributed by atoms with E-state index in [2.05, 4.69) is 35.9 Å². The third-order valence-electron chi connectivity index (χ3n) is 5.83. The van der Waals surface area contributed by atoms with E-state index in [0.717, 1.165) is 22.6 Å². The van der Waals surface area contributed by atoms with Crippen LogP contribution in [0, 0.1) is 6.92 Å². The van der Waals surface area contributed by atoms with Crippen molar-refractivity contribution in [2.45, 2.75) is 13.5 Å². The van der Waals surface area contributed by atoms with Crippen molar-refractivity contribution in [3.8, 4) is 16.9 Å². The van der Waals surface area contributed by atoms with Crippen molar-refractivity contribution in [1.82, 2.24) is 4.90 Å². The molecule has 0 unspecified atom stereocenters. The van der Waals surface area contributed by atoms with Crippen LogP contribution in [-0.4, -0.2) is 70.6 Å². The van der Waals surface area contributed by atoms with Crippen molar-refractivity contribution in [1.29, 1.82) is 0 Å². The molecule has 0 aliphatic heterocycles. The minimum Gasteiger partial charge on any atom is -0.507 e. The van der Waals surface area contributed by atoms with Crippen LogP contribution >= 0.6 is 23.2 Å². The number of carbonyl (C=O) groups excluding carboxylic acids is 4. The Balaban J connectivity index is 0.000000693. The summed E-state index contributed by atoms with van der Waals surface area (Å²) in [5, 5.41) is 11.2. The van der Waals surface area contributed by atoms with Crippen molar-refractivity contribution in [3.63, 3.8) is 0 Å². The zero-order chi connectivity index (χ0) is 34.4. The molecule has 0 spiro atoms. The molecule has 0 radical (unpaired) electrons. The topological polar surface area (TPSA) is 104 Å². The van der Waals surface area contributed by atoms with Gasteiger partial charge in [0.05, 0.1) is 13.7 Å². The molecule has 0 aliphatic carbocycles. The zero-order valence-electron chi connectivity index (χ0n) is 26.2. The SMILES string of the molecule is C=O.C=O.CN(C)CC=O.COC(=O)c1cc(N(C)Cc2ccc(Cl)cc2)ccc1O.Cc1ccc(-c2ccc(Cl)cc2)cc1. The Morgan fingerprint density at radius 2 is 1.27 bits per heavy atom. The highest BCUT2D eigenvalue weighted by molar-refractivity contribution is 6.30. The number of anilines is 1. The van der Waals surface area contributed by atoms with Gasteiger partial charge in [0.15, 0.2) is 0 Å². The molecule has 0 fully saturated rings. The Kier molecular flexibility index (Phi) is 20.7. The number of hydrogen-bond donors (Lipinski definition) is 1. The first-order valence-corrected chi connectivity index (χ1v) is 14.1. The summed E-state index contributed by atoms with van der Waals surface area (Å²) in [6.45, 7) is 7.27. The van der Waals surface area contributed by atoms with E-state index in [9.17, 15) is 14.7 Å². The lowest BCUT2D eigenvalue weighted by molar-refractivity contribution is -0.108. The number of esters is 1. The normalized spacial score (nSPS) is 9.33. The smallest absolute Gasteiger partial charge is 0.341 e. The van der Waals surface area contributed by atoms with Crippen LogP contribution in [0.15, 0.2) is 91.0 Å². The number of aryl methyl sites for hydroxylation is 1. The number of halogens is 2. The summed E-state index contributed by atoms with van der Waals surface area (Å²) in [5.74, 6) is -0.653. The molecule has 240 valence electrons. The summed E-state index contributed by atoms with van der Waals surface area (Å²) in [4.78, 5) is 40.9. The monoisotopic (exact) mass is 654 g/mol. The Morgan fingerprint density at radius 3 is 1.69 bits per heavy atom. The first-order valence-electron chi connectivity index (χ1n) is 13.4.